The number of carbonyl (C=O) groups is 2. The van der Waals surface area contributed by atoms with Gasteiger partial charge in [-0.15, -0.1) is 0 Å². The molecule has 4 aliphatic rings. The van der Waals surface area contributed by atoms with Gasteiger partial charge in [0.2, 0.25) is 5.91 Å². The smallest absolute Gasteiger partial charge is 0.222 e. The third-order valence-electron chi connectivity index (χ3n) is 9.07. The number of benzene rings is 1. The maximum Gasteiger partial charge on any atom is 0.222 e. The van der Waals surface area contributed by atoms with Crippen LogP contribution in [-0.2, 0) is 20.7 Å². The molecule has 1 amide bonds. The number of ketones is 1. The topological polar surface area (TPSA) is 81.9 Å². The predicted molar refractivity (Wildman–Crippen MR) is 122 cm³/mol. The number of nitrogens with two attached hydrogens (primary N) is 1. The molecule has 0 radical (unpaired) electrons. The van der Waals surface area contributed by atoms with Crippen molar-refractivity contribution in [1.29, 1.82) is 0 Å². The molecule has 1 aromatic carbocycles. The van der Waals surface area contributed by atoms with E-state index < -0.39 is 5.54 Å². The summed E-state index contributed by atoms with van der Waals surface area (Å²) in [5.41, 5.74) is 9.24. The van der Waals surface area contributed by atoms with Gasteiger partial charge in [-0.2, -0.15) is 0 Å². The van der Waals surface area contributed by atoms with Crippen molar-refractivity contribution in [2.24, 2.45) is 23.0 Å². The largest absolute Gasteiger partial charge is 0.497 e. The summed E-state index contributed by atoms with van der Waals surface area (Å²) >= 11 is 0. The highest BCUT2D eigenvalue weighted by molar-refractivity contribution is 5.88. The van der Waals surface area contributed by atoms with E-state index in [0.29, 0.717) is 44.9 Å². The fourth-order valence-corrected chi connectivity index (χ4v) is 7.48. The zero-order valence-corrected chi connectivity index (χ0v) is 19.4. The van der Waals surface area contributed by atoms with Gasteiger partial charge in [-0.3, -0.25) is 9.59 Å². The van der Waals surface area contributed by atoms with Gasteiger partial charge < -0.3 is 20.1 Å². The average Bonchev–Trinajstić information content (AvgIpc) is 3.08. The molecule has 1 heterocycles. The first kappa shape index (κ1) is 21.9. The molecule has 2 saturated carbocycles. The molecule has 3 aliphatic carbocycles. The number of amides is 1. The minimum Gasteiger partial charge on any atom is -0.497 e. The zero-order valence-electron chi connectivity index (χ0n) is 19.4. The van der Waals surface area contributed by atoms with Gasteiger partial charge in [-0.25, -0.2) is 0 Å². The molecular weight excluding hydrogens is 404 g/mol. The van der Waals surface area contributed by atoms with Crippen LogP contribution in [0.25, 0.3) is 0 Å². The predicted octanol–water partition coefficient (Wildman–Crippen LogP) is 3.07. The molecule has 0 spiro atoms. The Bertz CT molecular complexity index is 911. The summed E-state index contributed by atoms with van der Waals surface area (Å²) in [6.45, 7) is 4.73. The Morgan fingerprint density at radius 2 is 2.06 bits per heavy atom. The number of ether oxygens (including phenoxy) is 2. The summed E-state index contributed by atoms with van der Waals surface area (Å²) in [7, 11) is 1.71. The maximum atomic E-state index is 13.2. The van der Waals surface area contributed by atoms with Crippen LogP contribution in [-0.4, -0.2) is 55.5 Å². The van der Waals surface area contributed by atoms with Crippen LogP contribution >= 0.6 is 0 Å². The van der Waals surface area contributed by atoms with Crippen molar-refractivity contribution in [3.8, 4) is 5.75 Å². The van der Waals surface area contributed by atoms with Crippen molar-refractivity contribution in [2.45, 2.75) is 63.3 Å². The lowest BCUT2D eigenvalue weighted by Gasteiger charge is -2.56. The lowest BCUT2D eigenvalue weighted by Crippen LogP contribution is -2.62. The van der Waals surface area contributed by atoms with Crippen LogP contribution in [0.3, 0.4) is 0 Å². The second-order valence-electron chi connectivity index (χ2n) is 10.6. The van der Waals surface area contributed by atoms with Crippen LogP contribution in [0.15, 0.2) is 18.2 Å². The van der Waals surface area contributed by atoms with Crippen molar-refractivity contribution in [2.75, 3.05) is 33.4 Å². The highest BCUT2D eigenvalue weighted by atomic mass is 16.5. The van der Waals surface area contributed by atoms with Crippen molar-refractivity contribution in [1.82, 2.24) is 4.90 Å². The van der Waals surface area contributed by atoms with E-state index in [4.69, 9.17) is 15.2 Å². The summed E-state index contributed by atoms with van der Waals surface area (Å²) in [5.74, 6) is 2.02. The maximum absolute atomic E-state index is 13.2. The molecule has 0 bridgehead atoms. The number of fused-ring (bicyclic) bond motifs is 5. The minimum absolute atomic E-state index is 0.133. The van der Waals surface area contributed by atoms with Gasteiger partial charge in [-0.1, -0.05) is 13.0 Å². The molecular formula is C26H36N2O4. The van der Waals surface area contributed by atoms with Gasteiger partial charge >= 0.3 is 0 Å². The van der Waals surface area contributed by atoms with Crippen LogP contribution in [0.1, 0.15) is 62.5 Å². The molecule has 1 saturated heterocycles. The number of hydrogen-bond acceptors (Lipinski definition) is 5. The summed E-state index contributed by atoms with van der Waals surface area (Å²) in [4.78, 5) is 28.0. The fraction of sp³-hybridized carbons (Fsp3) is 0.692. The van der Waals surface area contributed by atoms with E-state index in [1.54, 1.807) is 7.11 Å². The zero-order chi connectivity index (χ0) is 22.5. The summed E-state index contributed by atoms with van der Waals surface area (Å²) in [6, 6.07) is 6.38. The number of methoxy groups -OCH3 is 1. The summed E-state index contributed by atoms with van der Waals surface area (Å²) in [6.07, 6.45) is 5.47. The first-order chi connectivity index (χ1) is 15.4. The molecule has 1 aliphatic heterocycles. The Kier molecular flexibility index (Phi) is 5.57. The Hall–Kier alpha value is -1.92. The van der Waals surface area contributed by atoms with E-state index in [2.05, 4.69) is 19.1 Å². The van der Waals surface area contributed by atoms with Gasteiger partial charge in [0.25, 0.3) is 0 Å². The Balaban J connectivity index is 1.39. The molecule has 6 nitrogen and oxygen atoms in total. The lowest BCUT2D eigenvalue weighted by atomic mass is 9.50. The molecule has 5 unspecified atom stereocenters. The van der Waals surface area contributed by atoms with E-state index in [0.717, 1.165) is 37.9 Å². The fourth-order valence-electron chi connectivity index (χ4n) is 7.48. The van der Waals surface area contributed by atoms with Crippen LogP contribution in [0.2, 0.25) is 0 Å². The Labute approximate surface area is 190 Å². The third kappa shape index (κ3) is 3.38. The standard InChI is InChI=1S/C26H36N2O4/c1-25-9-8-21-20-5-4-19(31-2)15-17(20)7-10-26(21,27)24(25)18(16-22(25)29)3-6-23(30)28-11-13-32-14-12-28/h4-5,15,18,21,24H,3,6-14,16,27H2,1-2H3. The van der Waals surface area contributed by atoms with Crippen molar-refractivity contribution in [3.63, 3.8) is 0 Å². The molecule has 174 valence electrons. The number of morpholine rings is 1. The normalized spacial score (nSPS) is 36.3. The van der Waals surface area contributed by atoms with Crippen molar-refractivity contribution < 1.29 is 19.1 Å². The van der Waals surface area contributed by atoms with Gasteiger partial charge in [0.1, 0.15) is 11.5 Å². The van der Waals surface area contributed by atoms with Gasteiger partial charge in [0.15, 0.2) is 0 Å². The molecule has 6 heteroatoms. The molecule has 3 fully saturated rings. The average molecular weight is 441 g/mol. The number of nitrogens with zero attached hydrogens (tertiary/aromatic N) is 1. The Morgan fingerprint density at radius 3 is 2.81 bits per heavy atom. The highest BCUT2D eigenvalue weighted by Gasteiger charge is 2.63. The second kappa shape index (κ2) is 8.14. The third-order valence-corrected chi connectivity index (χ3v) is 9.07. The Morgan fingerprint density at radius 1 is 1.28 bits per heavy atom. The monoisotopic (exact) mass is 440 g/mol. The first-order valence-electron chi connectivity index (χ1n) is 12.2. The van der Waals surface area contributed by atoms with E-state index in [9.17, 15) is 9.59 Å². The van der Waals surface area contributed by atoms with Gasteiger partial charge in [0.05, 0.1) is 20.3 Å². The molecule has 5 rings (SSSR count). The quantitative estimate of drug-likeness (QED) is 0.778. The molecule has 32 heavy (non-hydrogen) atoms. The molecule has 2 N–H and O–H groups in total. The molecule has 5 atom stereocenters. The van der Waals surface area contributed by atoms with Gasteiger partial charge in [0, 0.05) is 42.8 Å². The number of hydrogen-bond donors (Lipinski definition) is 1. The number of rotatable bonds is 4. The summed E-state index contributed by atoms with van der Waals surface area (Å²) in [5, 5.41) is 0. The van der Waals surface area contributed by atoms with Crippen molar-refractivity contribution in [3.05, 3.63) is 29.3 Å². The van der Waals surface area contributed by atoms with Crippen LogP contribution in [0.5, 0.6) is 5.75 Å². The SMILES string of the molecule is COc1ccc2c(c1)CCC1(N)C2CCC2(C)C(=O)CC(CCC(=O)N3CCOCC3)C21. The van der Waals surface area contributed by atoms with E-state index >= 15 is 0 Å². The minimum atomic E-state index is -0.395. The van der Waals surface area contributed by atoms with Crippen LogP contribution in [0.4, 0.5) is 0 Å². The van der Waals surface area contributed by atoms with Crippen molar-refractivity contribution >= 4 is 11.7 Å². The highest BCUT2D eigenvalue weighted by Crippen LogP contribution is 2.63. The van der Waals surface area contributed by atoms with E-state index in [-0.39, 0.29) is 29.1 Å². The lowest BCUT2D eigenvalue weighted by molar-refractivity contribution is -0.135. The van der Waals surface area contributed by atoms with E-state index in [1.807, 2.05) is 11.0 Å². The summed E-state index contributed by atoms with van der Waals surface area (Å²) < 4.78 is 10.8. The number of aryl methyl sites for hydroxylation is 1. The second-order valence-corrected chi connectivity index (χ2v) is 10.6. The molecule has 1 aromatic rings. The number of Topliss-reactive ketones (excluding diaryl/α,β-unsaturated/α-hetero) is 1. The first-order valence-corrected chi connectivity index (χ1v) is 12.2. The number of carbonyl (C=O) groups excluding carboxylic acids is 2. The van der Waals surface area contributed by atoms with Gasteiger partial charge in [-0.05, 0) is 67.2 Å². The van der Waals surface area contributed by atoms with Crippen LogP contribution < -0.4 is 10.5 Å². The molecule has 0 aromatic heterocycles. The van der Waals surface area contributed by atoms with E-state index in [1.165, 1.54) is 11.1 Å². The van der Waals surface area contributed by atoms with Crippen LogP contribution in [0, 0.1) is 17.3 Å².